The van der Waals surface area contributed by atoms with Gasteiger partial charge in [-0.25, -0.2) is 0 Å². The molecule has 0 amide bonds. The summed E-state index contributed by atoms with van der Waals surface area (Å²) < 4.78 is 29.9. The van der Waals surface area contributed by atoms with Crippen molar-refractivity contribution in [2.24, 2.45) is 9.55 Å². The third-order valence-corrected chi connectivity index (χ3v) is 6.88. The van der Waals surface area contributed by atoms with Crippen LogP contribution in [0, 0.1) is 6.92 Å². The summed E-state index contributed by atoms with van der Waals surface area (Å²) in [5.41, 5.74) is 2.92. The van der Waals surface area contributed by atoms with E-state index in [4.69, 9.17) is 4.84 Å². The predicted octanol–water partition coefficient (Wildman–Crippen LogP) is 4.27. The van der Waals surface area contributed by atoms with E-state index in [0.29, 0.717) is 11.1 Å². The van der Waals surface area contributed by atoms with Gasteiger partial charge >= 0.3 is 0 Å². The first-order valence-corrected chi connectivity index (χ1v) is 12.1. The number of rotatable bonds is 4. The number of hydrogen-bond acceptors (Lipinski definition) is 6. The number of oxime groups is 1. The van der Waals surface area contributed by atoms with E-state index in [0.717, 1.165) is 11.1 Å². The molecule has 2 aliphatic rings. The van der Waals surface area contributed by atoms with Gasteiger partial charge in [0.25, 0.3) is 10.0 Å². The number of ketones is 2. The lowest BCUT2D eigenvalue weighted by Gasteiger charge is -2.16. The van der Waals surface area contributed by atoms with Crippen LogP contribution in [0.3, 0.4) is 0 Å². The van der Waals surface area contributed by atoms with Crippen molar-refractivity contribution in [2.75, 3.05) is 0 Å². The maximum Gasteiger partial charge on any atom is 0.282 e. The highest BCUT2D eigenvalue weighted by molar-refractivity contribution is 7.90. The molecular formula is C27H18N2O5S. The molecule has 0 unspecified atom stereocenters. The van der Waals surface area contributed by atoms with E-state index in [-0.39, 0.29) is 33.4 Å². The number of carbonyl (C=O) groups is 2. The van der Waals surface area contributed by atoms with Gasteiger partial charge in [0.05, 0.1) is 10.6 Å². The first kappa shape index (κ1) is 22.4. The molecule has 0 atom stereocenters. The molecule has 7 nitrogen and oxygen atoms in total. The summed E-state index contributed by atoms with van der Waals surface area (Å²) in [6.07, 6.45) is 4.28. The smallest absolute Gasteiger partial charge is 0.282 e. The van der Waals surface area contributed by atoms with Crippen molar-refractivity contribution in [3.63, 3.8) is 0 Å². The molecule has 0 aliphatic heterocycles. The van der Waals surface area contributed by atoms with Gasteiger partial charge in [-0.05, 0) is 30.7 Å². The average Bonchev–Trinajstić information content (AvgIpc) is 2.86. The van der Waals surface area contributed by atoms with E-state index >= 15 is 0 Å². The molecule has 0 fully saturated rings. The van der Waals surface area contributed by atoms with E-state index in [1.165, 1.54) is 24.3 Å². The Kier molecular flexibility index (Phi) is 5.58. The lowest BCUT2D eigenvalue weighted by molar-refractivity contribution is -0.109. The van der Waals surface area contributed by atoms with Gasteiger partial charge in [-0.1, -0.05) is 77.5 Å². The largest absolute Gasteiger partial charge is 0.352 e. The number of hydrogen-bond donors (Lipinski definition) is 0. The van der Waals surface area contributed by atoms with Gasteiger partial charge in [-0.2, -0.15) is 12.8 Å². The molecular weight excluding hydrogens is 464 g/mol. The Morgan fingerprint density at radius 2 is 1.43 bits per heavy atom. The molecule has 0 aromatic heterocycles. The van der Waals surface area contributed by atoms with Crippen LogP contribution in [0.2, 0.25) is 0 Å². The van der Waals surface area contributed by atoms with Crippen LogP contribution in [-0.4, -0.2) is 31.4 Å². The molecule has 8 heteroatoms. The predicted molar refractivity (Wildman–Crippen MR) is 132 cm³/mol. The highest BCUT2D eigenvalue weighted by Crippen LogP contribution is 2.26. The minimum absolute atomic E-state index is 0.0253. The monoisotopic (exact) mass is 482 g/mol. The van der Waals surface area contributed by atoms with Crippen molar-refractivity contribution < 1.29 is 22.8 Å². The molecule has 0 spiro atoms. The Balaban J connectivity index is 1.57. The van der Waals surface area contributed by atoms with Crippen molar-refractivity contribution in [3.05, 3.63) is 119 Å². The number of fused-ring (bicyclic) bond motifs is 2. The standard InChI is InChI=1S/C27H18N2O5S/c1-17-10-13-19(14-11-17)35(32,33)29-23-16-25(27(31)22-9-5-4-8-21(22)23)34-28-26-20-7-3-2-6-18(20)12-15-24(26)30/h2-16H,1H3/b28-26+,29-23-. The summed E-state index contributed by atoms with van der Waals surface area (Å²) >= 11 is 0. The maximum atomic E-state index is 13.1. The van der Waals surface area contributed by atoms with Gasteiger partial charge < -0.3 is 4.84 Å². The van der Waals surface area contributed by atoms with Crippen molar-refractivity contribution >= 4 is 39.1 Å². The van der Waals surface area contributed by atoms with E-state index < -0.39 is 15.8 Å². The van der Waals surface area contributed by atoms with Crippen molar-refractivity contribution in [3.8, 4) is 0 Å². The number of benzene rings is 3. The van der Waals surface area contributed by atoms with Gasteiger partial charge in [-0.3, -0.25) is 9.59 Å². The Morgan fingerprint density at radius 1 is 0.771 bits per heavy atom. The summed E-state index contributed by atoms with van der Waals surface area (Å²) in [5.74, 6) is -1.11. The van der Waals surface area contributed by atoms with Gasteiger partial charge in [0.1, 0.15) is 0 Å². The average molecular weight is 483 g/mol. The molecule has 3 aromatic rings. The molecule has 35 heavy (non-hydrogen) atoms. The van der Waals surface area contributed by atoms with Crippen LogP contribution in [-0.2, 0) is 19.7 Å². The minimum Gasteiger partial charge on any atom is -0.352 e. The number of sulfonamides is 1. The first-order chi connectivity index (χ1) is 16.8. The highest BCUT2D eigenvalue weighted by atomic mass is 32.2. The molecule has 0 heterocycles. The zero-order chi connectivity index (χ0) is 24.6. The molecule has 5 rings (SSSR count). The van der Waals surface area contributed by atoms with Crippen LogP contribution in [0.5, 0.6) is 0 Å². The number of carbonyl (C=O) groups excluding carboxylic acids is 2. The third-order valence-electron chi connectivity index (χ3n) is 5.58. The third kappa shape index (κ3) is 4.27. The molecule has 0 bridgehead atoms. The van der Waals surface area contributed by atoms with Crippen LogP contribution >= 0.6 is 0 Å². The molecule has 0 saturated carbocycles. The number of aryl methyl sites for hydroxylation is 1. The summed E-state index contributed by atoms with van der Waals surface area (Å²) in [6, 6.07) is 20.0. The van der Waals surface area contributed by atoms with Crippen molar-refractivity contribution in [1.29, 1.82) is 0 Å². The molecule has 0 saturated heterocycles. The Hall–Kier alpha value is -4.43. The van der Waals surface area contributed by atoms with E-state index in [1.54, 1.807) is 54.6 Å². The summed E-state index contributed by atoms with van der Waals surface area (Å²) in [7, 11) is -4.07. The molecule has 0 N–H and O–H groups in total. The number of allylic oxidation sites excluding steroid dienone is 3. The fourth-order valence-electron chi connectivity index (χ4n) is 3.76. The van der Waals surface area contributed by atoms with Crippen molar-refractivity contribution in [1.82, 2.24) is 0 Å². The van der Waals surface area contributed by atoms with Crippen LogP contribution in [0.4, 0.5) is 0 Å². The van der Waals surface area contributed by atoms with Crippen LogP contribution in [0.25, 0.3) is 6.08 Å². The van der Waals surface area contributed by atoms with Crippen LogP contribution in [0.15, 0.2) is 105 Å². The van der Waals surface area contributed by atoms with Gasteiger partial charge in [-0.15, -0.1) is 0 Å². The van der Waals surface area contributed by atoms with Gasteiger partial charge in [0, 0.05) is 22.8 Å². The second-order valence-corrected chi connectivity index (χ2v) is 9.57. The Morgan fingerprint density at radius 3 is 2.17 bits per heavy atom. The Bertz CT molecular complexity index is 1610. The summed E-state index contributed by atoms with van der Waals surface area (Å²) in [5, 5.41) is 3.97. The lowest BCUT2D eigenvalue weighted by Crippen LogP contribution is -2.21. The van der Waals surface area contributed by atoms with E-state index in [1.807, 2.05) is 19.1 Å². The highest BCUT2D eigenvalue weighted by Gasteiger charge is 2.28. The number of nitrogens with zero attached hydrogens (tertiary/aromatic N) is 2. The second kappa shape index (κ2) is 8.73. The fourth-order valence-corrected chi connectivity index (χ4v) is 4.76. The van der Waals surface area contributed by atoms with Crippen LogP contribution in [0.1, 0.15) is 32.6 Å². The minimum atomic E-state index is -4.07. The summed E-state index contributed by atoms with van der Waals surface area (Å²) in [6.45, 7) is 1.85. The molecule has 2 aliphatic carbocycles. The molecule has 0 radical (unpaired) electrons. The zero-order valence-electron chi connectivity index (χ0n) is 18.5. The quantitative estimate of drug-likeness (QED) is 0.517. The molecule has 172 valence electrons. The zero-order valence-corrected chi connectivity index (χ0v) is 19.3. The summed E-state index contributed by atoms with van der Waals surface area (Å²) in [4.78, 5) is 31.0. The van der Waals surface area contributed by atoms with Gasteiger partial charge in [0.2, 0.25) is 17.3 Å². The topological polar surface area (TPSA) is 102 Å². The maximum absolute atomic E-state index is 13.1. The normalized spacial score (nSPS) is 17.2. The van der Waals surface area contributed by atoms with Crippen molar-refractivity contribution in [2.45, 2.75) is 11.8 Å². The Labute approximate surface area is 201 Å². The lowest BCUT2D eigenvalue weighted by atomic mass is 9.93. The second-order valence-electron chi connectivity index (χ2n) is 7.96. The number of Topliss-reactive ketones (excluding diaryl/α,β-unsaturated/α-hetero) is 1. The van der Waals surface area contributed by atoms with E-state index in [2.05, 4.69) is 9.55 Å². The van der Waals surface area contributed by atoms with Crippen LogP contribution < -0.4 is 0 Å². The van der Waals surface area contributed by atoms with Gasteiger partial charge in [0.15, 0.2) is 5.71 Å². The van der Waals surface area contributed by atoms with E-state index in [9.17, 15) is 18.0 Å². The fraction of sp³-hybridized carbons (Fsp3) is 0.0370. The SMILES string of the molecule is Cc1ccc(S(=O)(=O)/N=C2/C=C(O/N=C3/C(=O)C=Cc4ccccc43)C(=O)c3ccccc32)cc1. The molecule has 3 aromatic carbocycles. The first-order valence-electron chi connectivity index (χ1n) is 10.7.